The molecule has 0 N–H and O–H groups in total. The third-order valence-electron chi connectivity index (χ3n) is 2.92. The highest BCUT2D eigenvalue weighted by molar-refractivity contribution is 6.03. The molecule has 0 amide bonds. The summed E-state index contributed by atoms with van der Waals surface area (Å²) in [4.78, 5) is 23.3. The number of fused-ring (bicyclic) bond motifs is 1. The molecule has 0 unspecified atom stereocenters. The van der Waals surface area contributed by atoms with Crippen molar-refractivity contribution >= 4 is 11.9 Å². The van der Waals surface area contributed by atoms with Gasteiger partial charge in [0.25, 0.3) is 0 Å². The van der Waals surface area contributed by atoms with Crippen LogP contribution in [0.15, 0.2) is 12.1 Å². The predicted octanol–water partition coefficient (Wildman–Crippen LogP) is 1.33. The number of rotatable bonds is 2. The minimum atomic E-state index is -0.552. The van der Waals surface area contributed by atoms with Crippen LogP contribution in [0.4, 0.5) is 0 Å². The fourth-order valence-electron chi connectivity index (χ4n) is 1.98. The number of carbonyl (C=O) groups is 2. The van der Waals surface area contributed by atoms with Crippen LogP contribution < -0.4 is 0 Å². The van der Waals surface area contributed by atoms with E-state index in [1.54, 1.807) is 12.1 Å². The van der Waals surface area contributed by atoms with Crippen LogP contribution in [0.3, 0.4) is 0 Å². The third kappa shape index (κ3) is 2.22. The molecule has 0 bridgehead atoms. The first-order valence-electron chi connectivity index (χ1n) is 5.57. The summed E-state index contributed by atoms with van der Waals surface area (Å²) in [6, 6.07) is 3.34. The molecule has 0 spiro atoms. The van der Waals surface area contributed by atoms with Crippen LogP contribution in [0.5, 0.6) is 0 Å². The molecule has 1 aliphatic heterocycles. The van der Waals surface area contributed by atoms with Gasteiger partial charge in [-0.3, -0.25) is 0 Å². The number of hydrogen-bond donors (Lipinski definition) is 0. The molecular formula is C13H14O5. The summed E-state index contributed by atoms with van der Waals surface area (Å²) < 4.78 is 14.7. The molecule has 1 heterocycles. The molecule has 2 rings (SSSR count). The van der Waals surface area contributed by atoms with E-state index in [4.69, 9.17) is 4.74 Å². The number of carbonyl (C=O) groups excluding carboxylic acids is 2. The number of ether oxygens (including phenoxy) is 3. The van der Waals surface area contributed by atoms with Gasteiger partial charge in [-0.05, 0) is 29.7 Å². The summed E-state index contributed by atoms with van der Waals surface area (Å²) in [7, 11) is 2.56. The predicted molar refractivity (Wildman–Crippen MR) is 62.5 cm³/mol. The van der Waals surface area contributed by atoms with Crippen molar-refractivity contribution < 1.29 is 23.8 Å². The molecule has 0 fully saturated rings. The number of benzene rings is 1. The zero-order valence-electron chi connectivity index (χ0n) is 10.3. The average molecular weight is 250 g/mol. The Balaban J connectivity index is 2.54. The maximum Gasteiger partial charge on any atom is 0.338 e. The van der Waals surface area contributed by atoms with Gasteiger partial charge in [-0.1, -0.05) is 0 Å². The molecule has 0 atom stereocenters. The fourth-order valence-corrected chi connectivity index (χ4v) is 1.98. The first kappa shape index (κ1) is 12.6. The largest absolute Gasteiger partial charge is 0.465 e. The van der Waals surface area contributed by atoms with E-state index in [0.717, 1.165) is 17.5 Å². The van der Waals surface area contributed by atoms with E-state index in [-0.39, 0.29) is 11.1 Å². The Morgan fingerprint density at radius 2 is 1.61 bits per heavy atom. The molecule has 1 aliphatic rings. The van der Waals surface area contributed by atoms with E-state index in [1.165, 1.54) is 14.2 Å². The van der Waals surface area contributed by atoms with Gasteiger partial charge >= 0.3 is 11.9 Å². The zero-order chi connectivity index (χ0) is 13.1. The van der Waals surface area contributed by atoms with Gasteiger partial charge in [0.15, 0.2) is 0 Å². The first-order valence-corrected chi connectivity index (χ1v) is 5.57. The van der Waals surface area contributed by atoms with Crippen molar-refractivity contribution in [1.82, 2.24) is 0 Å². The highest BCUT2D eigenvalue weighted by atomic mass is 16.5. The summed E-state index contributed by atoms with van der Waals surface area (Å²) in [5.74, 6) is -1.09. The normalized spacial score (nSPS) is 13.7. The van der Waals surface area contributed by atoms with Crippen LogP contribution in [-0.4, -0.2) is 32.8 Å². The Kier molecular flexibility index (Phi) is 3.62. The van der Waals surface area contributed by atoms with E-state index in [0.29, 0.717) is 13.2 Å². The molecule has 0 aliphatic carbocycles. The summed E-state index contributed by atoms with van der Waals surface area (Å²) in [6.45, 7) is 1.06. The second-order valence-corrected chi connectivity index (χ2v) is 3.95. The topological polar surface area (TPSA) is 61.8 Å². The molecule has 18 heavy (non-hydrogen) atoms. The van der Waals surface area contributed by atoms with E-state index in [2.05, 4.69) is 9.47 Å². The molecule has 0 saturated carbocycles. The summed E-state index contributed by atoms with van der Waals surface area (Å²) >= 11 is 0. The standard InChI is InChI=1S/C13H14O5/c1-16-12(14)10-5-8-3-4-18-7-9(8)6-11(10)13(15)17-2/h5-6H,3-4,7H2,1-2H3. The maximum atomic E-state index is 11.7. The quantitative estimate of drug-likeness (QED) is 0.741. The zero-order valence-corrected chi connectivity index (χ0v) is 10.3. The highest BCUT2D eigenvalue weighted by Crippen LogP contribution is 2.23. The van der Waals surface area contributed by atoms with E-state index in [1.807, 2.05) is 0 Å². The van der Waals surface area contributed by atoms with Crippen LogP contribution in [0, 0.1) is 0 Å². The van der Waals surface area contributed by atoms with Gasteiger partial charge in [0.05, 0.1) is 38.6 Å². The lowest BCUT2D eigenvalue weighted by Gasteiger charge is -2.18. The Bertz CT molecular complexity index is 447. The van der Waals surface area contributed by atoms with Gasteiger partial charge in [-0.2, -0.15) is 0 Å². The third-order valence-corrected chi connectivity index (χ3v) is 2.92. The lowest BCUT2D eigenvalue weighted by atomic mass is 9.95. The molecule has 0 radical (unpaired) electrons. The average Bonchev–Trinajstić information content (AvgIpc) is 2.44. The molecular weight excluding hydrogens is 236 g/mol. The van der Waals surface area contributed by atoms with Gasteiger partial charge in [0.1, 0.15) is 0 Å². The monoisotopic (exact) mass is 250 g/mol. The van der Waals surface area contributed by atoms with Crippen molar-refractivity contribution in [2.24, 2.45) is 0 Å². The molecule has 5 nitrogen and oxygen atoms in total. The molecule has 96 valence electrons. The minimum Gasteiger partial charge on any atom is -0.465 e. The Morgan fingerprint density at radius 1 is 1.06 bits per heavy atom. The fraction of sp³-hybridized carbons (Fsp3) is 0.385. The van der Waals surface area contributed by atoms with Crippen molar-refractivity contribution in [2.75, 3.05) is 20.8 Å². The van der Waals surface area contributed by atoms with Crippen LogP contribution in [0.2, 0.25) is 0 Å². The number of esters is 2. The van der Waals surface area contributed by atoms with Crippen molar-refractivity contribution in [3.8, 4) is 0 Å². The second-order valence-electron chi connectivity index (χ2n) is 3.95. The number of methoxy groups -OCH3 is 2. The second kappa shape index (κ2) is 5.18. The van der Waals surface area contributed by atoms with Crippen LogP contribution in [-0.2, 0) is 27.2 Å². The van der Waals surface area contributed by atoms with Crippen molar-refractivity contribution in [1.29, 1.82) is 0 Å². The van der Waals surface area contributed by atoms with Gasteiger partial charge in [0.2, 0.25) is 0 Å². The summed E-state index contributed by atoms with van der Waals surface area (Å²) in [6.07, 6.45) is 0.723. The summed E-state index contributed by atoms with van der Waals surface area (Å²) in [5.41, 5.74) is 2.38. The van der Waals surface area contributed by atoms with Crippen LogP contribution >= 0.6 is 0 Å². The lowest BCUT2D eigenvalue weighted by molar-refractivity contribution is 0.0553. The first-order chi connectivity index (χ1) is 8.67. The Labute approximate surface area is 105 Å². The van der Waals surface area contributed by atoms with E-state index < -0.39 is 11.9 Å². The van der Waals surface area contributed by atoms with Crippen molar-refractivity contribution in [3.63, 3.8) is 0 Å². The number of hydrogen-bond acceptors (Lipinski definition) is 5. The lowest BCUT2D eigenvalue weighted by Crippen LogP contribution is -2.17. The van der Waals surface area contributed by atoms with E-state index in [9.17, 15) is 9.59 Å². The SMILES string of the molecule is COC(=O)c1cc2c(cc1C(=O)OC)COCC2. The minimum absolute atomic E-state index is 0.216. The maximum absolute atomic E-state index is 11.7. The van der Waals surface area contributed by atoms with Crippen LogP contribution in [0.1, 0.15) is 31.8 Å². The molecule has 5 heteroatoms. The highest BCUT2D eigenvalue weighted by Gasteiger charge is 2.22. The van der Waals surface area contributed by atoms with Crippen molar-refractivity contribution in [3.05, 3.63) is 34.4 Å². The smallest absolute Gasteiger partial charge is 0.338 e. The van der Waals surface area contributed by atoms with Crippen molar-refractivity contribution in [2.45, 2.75) is 13.0 Å². The van der Waals surface area contributed by atoms with E-state index >= 15 is 0 Å². The molecule has 0 saturated heterocycles. The van der Waals surface area contributed by atoms with Gasteiger partial charge in [0, 0.05) is 0 Å². The Morgan fingerprint density at radius 3 is 2.17 bits per heavy atom. The van der Waals surface area contributed by atoms with Gasteiger partial charge in [-0.25, -0.2) is 9.59 Å². The van der Waals surface area contributed by atoms with Crippen LogP contribution in [0.25, 0.3) is 0 Å². The van der Waals surface area contributed by atoms with Gasteiger partial charge in [-0.15, -0.1) is 0 Å². The molecule has 1 aromatic rings. The summed E-state index contributed by atoms with van der Waals surface area (Å²) in [5, 5.41) is 0. The molecule has 1 aromatic carbocycles. The molecule has 0 aromatic heterocycles. The Hall–Kier alpha value is -1.88. The van der Waals surface area contributed by atoms with Gasteiger partial charge < -0.3 is 14.2 Å².